The minimum Gasteiger partial charge on any atom is -0.314 e. The molecule has 0 radical (unpaired) electrons. The van der Waals surface area contributed by atoms with E-state index < -0.39 is 11.9 Å². The molecular formula is C12H11F3N4. The Kier molecular flexibility index (Phi) is 3.75. The van der Waals surface area contributed by atoms with Gasteiger partial charge >= 0.3 is 6.18 Å². The smallest absolute Gasteiger partial charge is 0.314 e. The number of hydrogen-bond donors (Lipinski definition) is 1. The number of aromatic nitrogens is 3. The van der Waals surface area contributed by atoms with Crippen LogP contribution in [0.25, 0.3) is 11.3 Å². The average Bonchev–Trinajstić information content (AvgIpc) is 2.39. The second-order valence-corrected chi connectivity index (χ2v) is 3.85. The number of hydrogen-bond acceptors (Lipinski definition) is 4. The van der Waals surface area contributed by atoms with Crippen molar-refractivity contribution in [3.05, 3.63) is 42.1 Å². The lowest BCUT2D eigenvalue weighted by Crippen LogP contribution is -2.08. The summed E-state index contributed by atoms with van der Waals surface area (Å²) in [5, 5.41) is 2.94. The SMILES string of the molecule is CNCc1cc(-c2ccc(C(F)(F)F)nc2)ncn1. The minimum atomic E-state index is -4.43. The Labute approximate surface area is 107 Å². The number of nitrogens with one attached hydrogen (secondary N) is 1. The maximum atomic E-state index is 12.4. The highest BCUT2D eigenvalue weighted by Crippen LogP contribution is 2.28. The molecule has 4 nitrogen and oxygen atoms in total. The summed E-state index contributed by atoms with van der Waals surface area (Å²) in [5.74, 6) is 0. The number of halogens is 3. The van der Waals surface area contributed by atoms with Crippen molar-refractivity contribution in [1.82, 2.24) is 20.3 Å². The fraction of sp³-hybridized carbons (Fsp3) is 0.250. The quantitative estimate of drug-likeness (QED) is 0.927. The van der Waals surface area contributed by atoms with Crippen molar-refractivity contribution in [3.63, 3.8) is 0 Å². The maximum absolute atomic E-state index is 12.4. The fourth-order valence-electron chi connectivity index (χ4n) is 1.55. The Hall–Kier alpha value is -2.02. The molecular weight excluding hydrogens is 257 g/mol. The summed E-state index contributed by atoms with van der Waals surface area (Å²) in [7, 11) is 1.78. The summed E-state index contributed by atoms with van der Waals surface area (Å²) in [4.78, 5) is 11.5. The molecule has 0 fully saturated rings. The first-order valence-corrected chi connectivity index (χ1v) is 5.50. The van der Waals surface area contributed by atoms with E-state index in [1.54, 1.807) is 13.1 Å². The van der Waals surface area contributed by atoms with Crippen LogP contribution in [0, 0.1) is 0 Å². The van der Waals surface area contributed by atoms with Crippen LogP contribution in [0.5, 0.6) is 0 Å². The molecule has 0 bridgehead atoms. The lowest BCUT2D eigenvalue weighted by atomic mass is 10.1. The van der Waals surface area contributed by atoms with E-state index >= 15 is 0 Å². The molecule has 100 valence electrons. The Morgan fingerprint density at radius 3 is 2.53 bits per heavy atom. The van der Waals surface area contributed by atoms with E-state index in [1.165, 1.54) is 12.4 Å². The Bertz CT molecular complexity index is 552. The molecule has 0 amide bonds. The van der Waals surface area contributed by atoms with E-state index in [2.05, 4.69) is 20.3 Å². The third kappa shape index (κ3) is 3.25. The first-order valence-electron chi connectivity index (χ1n) is 5.50. The van der Waals surface area contributed by atoms with E-state index in [0.29, 0.717) is 17.8 Å². The summed E-state index contributed by atoms with van der Waals surface area (Å²) in [5.41, 5.74) is 0.905. The molecule has 0 atom stereocenters. The van der Waals surface area contributed by atoms with Crippen molar-refractivity contribution < 1.29 is 13.2 Å². The van der Waals surface area contributed by atoms with Gasteiger partial charge in [-0.15, -0.1) is 0 Å². The van der Waals surface area contributed by atoms with Crippen molar-refractivity contribution in [1.29, 1.82) is 0 Å². The zero-order chi connectivity index (χ0) is 13.9. The first kappa shape index (κ1) is 13.4. The van der Waals surface area contributed by atoms with E-state index in [4.69, 9.17) is 0 Å². The highest BCUT2D eigenvalue weighted by atomic mass is 19.4. The van der Waals surface area contributed by atoms with Gasteiger partial charge in [0.25, 0.3) is 0 Å². The van der Waals surface area contributed by atoms with E-state index in [9.17, 15) is 13.2 Å². The van der Waals surface area contributed by atoms with Crippen molar-refractivity contribution in [2.45, 2.75) is 12.7 Å². The maximum Gasteiger partial charge on any atom is 0.433 e. The summed E-state index contributed by atoms with van der Waals surface area (Å²) < 4.78 is 37.2. The summed E-state index contributed by atoms with van der Waals surface area (Å²) in [6.07, 6.45) is -1.89. The second-order valence-electron chi connectivity index (χ2n) is 3.85. The standard InChI is InChI=1S/C12H11F3N4/c1-16-6-9-4-10(19-7-18-9)8-2-3-11(17-5-8)12(13,14)15/h2-5,7,16H,6H2,1H3. The van der Waals surface area contributed by atoms with Gasteiger partial charge in [-0.2, -0.15) is 13.2 Å². The van der Waals surface area contributed by atoms with Gasteiger partial charge in [0, 0.05) is 18.3 Å². The van der Waals surface area contributed by atoms with E-state index in [1.807, 2.05) is 0 Å². The molecule has 2 aromatic rings. The van der Waals surface area contributed by atoms with Crippen LogP contribution >= 0.6 is 0 Å². The zero-order valence-corrected chi connectivity index (χ0v) is 10.1. The molecule has 0 aliphatic carbocycles. The predicted octanol–water partition coefficient (Wildman–Crippen LogP) is 2.28. The Morgan fingerprint density at radius 1 is 1.16 bits per heavy atom. The van der Waals surface area contributed by atoms with Crippen LogP contribution in [0.2, 0.25) is 0 Å². The molecule has 0 spiro atoms. The van der Waals surface area contributed by atoms with Gasteiger partial charge in [0.2, 0.25) is 0 Å². The largest absolute Gasteiger partial charge is 0.433 e. The first-order chi connectivity index (χ1) is 9.00. The van der Waals surface area contributed by atoms with Crippen LogP contribution in [0.1, 0.15) is 11.4 Å². The number of alkyl halides is 3. The summed E-state index contributed by atoms with van der Waals surface area (Å²) >= 11 is 0. The molecule has 2 rings (SSSR count). The van der Waals surface area contributed by atoms with Crippen molar-refractivity contribution in [3.8, 4) is 11.3 Å². The topological polar surface area (TPSA) is 50.7 Å². The molecule has 0 saturated carbocycles. The van der Waals surface area contributed by atoms with Gasteiger partial charge in [-0.3, -0.25) is 4.98 Å². The number of pyridine rings is 1. The second kappa shape index (κ2) is 5.31. The van der Waals surface area contributed by atoms with Crippen molar-refractivity contribution in [2.24, 2.45) is 0 Å². The molecule has 2 heterocycles. The van der Waals surface area contributed by atoms with Crippen molar-refractivity contribution in [2.75, 3.05) is 7.05 Å². The van der Waals surface area contributed by atoms with Crippen molar-refractivity contribution >= 4 is 0 Å². The molecule has 0 saturated heterocycles. The normalized spacial score (nSPS) is 11.6. The molecule has 19 heavy (non-hydrogen) atoms. The molecule has 0 aliphatic rings. The molecule has 2 aromatic heterocycles. The molecule has 0 aromatic carbocycles. The Morgan fingerprint density at radius 2 is 1.95 bits per heavy atom. The molecule has 1 N–H and O–H groups in total. The van der Waals surface area contributed by atoms with Gasteiger partial charge in [0.1, 0.15) is 12.0 Å². The third-order valence-electron chi connectivity index (χ3n) is 2.43. The molecule has 7 heteroatoms. The number of nitrogens with zero attached hydrogens (tertiary/aromatic N) is 3. The zero-order valence-electron chi connectivity index (χ0n) is 10.1. The predicted molar refractivity (Wildman–Crippen MR) is 63.0 cm³/mol. The van der Waals surface area contributed by atoms with Crippen LogP contribution in [0.3, 0.4) is 0 Å². The summed E-state index contributed by atoms with van der Waals surface area (Å²) in [6.45, 7) is 0.559. The monoisotopic (exact) mass is 268 g/mol. The van der Waals surface area contributed by atoms with Gasteiger partial charge in [-0.25, -0.2) is 9.97 Å². The third-order valence-corrected chi connectivity index (χ3v) is 2.43. The summed E-state index contributed by atoms with van der Waals surface area (Å²) in [6, 6.07) is 4.00. The van der Waals surface area contributed by atoms with Crippen LogP contribution in [0.15, 0.2) is 30.7 Å². The van der Waals surface area contributed by atoms with Gasteiger partial charge < -0.3 is 5.32 Å². The minimum absolute atomic E-state index is 0.521. The molecule has 0 aliphatic heterocycles. The van der Waals surface area contributed by atoms with Gasteiger partial charge in [0.15, 0.2) is 0 Å². The van der Waals surface area contributed by atoms with Crippen LogP contribution < -0.4 is 5.32 Å². The van der Waals surface area contributed by atoms with E-state index in [0.717, 1.165) is 18.0 Å². The highest BCUT2D eigenvalue weighted by Gasteiger charge is 2.32. The van der Waals surface area contributed by atoms with Gasteiger partial charge in [-0.05, 0) is 25.2 Å². The van der Waals surface area contributed by atoms with E-state index in [-0.39, 0.29) is 0 Å². The van der Waals surface area contributed by atoms with Gasteiger partial charge in [-0.1, -0.05) is 0 Å². The van der Waals surface area contributed by atoms with Gasteiger partial charge in [0.05, 0.1) is 11.4 Å². The Balaban J connectivity index is 2.29. The number of rotatable bonds is 3. The lowest BCUT2D eigenvalue weighted by molar-refractivity contribution is -0.141. The van der Waals surface area contributed by atoms with Crippen LogP contribution in [-0.4, -0.2) is 22.0 Å². The average molecular weight is 268 g/mol. The highest BCUT2D eigenvalue weighted by molar-refractivity contribution is 5.57. The van der Waals surface area contributed by atoms with Crippen LogP contribution in [-0.2, 0) is 12.7 Å². The molecule has 0 unspecified atom stereocenters. The van der Waals surface area contributed by atoms with Crippen LogP contribution in [0.4, 0.5) is 13.2 Å². The fourth-order valence-corrected chi connectivity index (χ4v) is 1.55. The lowest BCUT2D eigenvalue weighted by Gasteiger charge is -2.07.